The molecule has 1 aromatic carbocycles. The molecule has 16 heavy (non-hydrogen) atoms. The summed E-state index contributed by atoms with van der Waals surface area (Å²) in [5.41, 5.74) is 1.65. The molecule has 0 spiro atoms. The summed E-state index contributed by atoms with van der Waals surface area (Å²) in [6.45, 7) is 3.82. The van der Waals surface area contributed by atoms with Gasteiger partial charge in [-0.3, -0.25) is 0 Å². The van der Waals surface area contributed by atoms with Crippen molar-refractivity contribution in [2.24, 2.45) is 0 Å². The first-order valence-corrected chi connectivity index (χ1v) is 5.73. The maximum Gasteiger partial charge on any atom is 0.337 e. The van der Waals surface area contributed by atoms with Crippen LogP contribution in [0.2, 0.25) is 0 Å². The summed E-state index contributed by atoms with van der Waals surface area (Å²) in [6.07, 6.45) is -1.43. The van der Waals surface area contributed by atoms with E-state index < -0.39 is 12.1 Å². The molecule has 1 unspecified atom stereocenters. The molecular formula is C12H12O3S. The number of carbonyl (C=O) groups is 1. The molecule has 2 aromatic rings. The molecule has 0 aliphatic rings. The van der Waals surface area contributed by atoms with E-state index in [0.717, 1.165) is 20.5 Å². The van der Waals surface area contributed by atoms with Gasteiger partial charge in [0.15, 0.2) is 6.10 Å². The minimum atomic E-state index is -1.43. The zero-order valence-corrected chi connectivity index (χ0v) is 9.84. The third kappa shape index (κ3) is 1.70. The maximum absolute atomic E-state index is 10.8. The minimum Gasteiger partial charge on any atom is -0.479 e. The van der Waals surface area contributed by atoms with E-state index in [0.29, 0.717) is 5.56 Å². The average molecular weight is 236 g/mol. The fourth-order valence-electron chi connectivity index (χ4n) is 1.81. The molecule has 2 rings (SSSR count). The van der Waals surface area contributed by atoms with Crippen LogP contribution in [0, 0.1) is 13.8 Å². The monoisotopic (exact) mass is 236 g/mol. The summed E-state index contributed by atoms with van der Waals surface area (Å²) in [4.78, 5) is 11.7. The van der Waals surface area contributed by atoms with Crippen molar-refractivity contribution < 1.29 is 15.0 Å². The van der Waals surface area contributed by atoms with Crippen LogP contribution in [0.25, 0.3) is 10.1 Å². The van der Waals surface area contributed by atoms with Crippen molar-refractivity contribution in [3.63, 3.8) is 0 Å². The first-order valence-electron chi connectivity index (χ1n) is 4.91. The number of rotatable bonds is 2. The lowest BCUT2D eigenvalue weighted by Gasteiger charge is -2.05. The number of carboxylic acids is 1. The highest BCUT2D eigenvalue weighted by Gasteiger charge is 2.22. The second-order valence-corrected chi connectivity index (χ2v) is 5.07. The van der Waals surface area contributed by atoms with Gasteiger partial charge in [-0.05, 0) is 30.9 Å². The topological polar surface area (TPSA) is 57.5 Å². The van der Waals surface area contributed by atoms with Crippen molar-refractivity contribution in [2.45, 2.75) is 20.0 Å². The molecule has 1 heterocycles. The average Bonchev–Trinajstić information content (AvgIpc) is 2.51. The molecule has 4 heteroatoms. The number of thiophene rings is 1. The highest BCUT2D eigenvalue weighted by Crippen LogP contribution is 2.35. The predicted octanol–water partition coefficient (Wildman–Crippen LogP) is 2.64. The predicted molar refractivity (Wildman–Crippen MR) is 63.9 cm³/mol. The van der Waals surface area contributed by atoms with Gasteiger partial charge in [-0.25, -0.2) is 4.79 Å². The number of aliphatic hydroxyl groups is 1. The molecule has 0 bridgehead atoms. The Balaban J connectivity index is 2.69. The van der Waals surface area contributed by atoms with Crippen LogP contribution in [-0.2, 0) is 4.79 Å². The number of fused-ring (bicyclic) bond motifs is 1. The summed E-state index contributed by atoms with van der Waals surface area (Å²) in [7, 11) is 0. The molecule has 0 aliphatic carbocycles. The van der Waals surface area contributed by atoms with E-state index in [9.17, 15) is 9.90 Å². The minimum absolute atomic E-state index is 0.521. The second-order valence-electron chi connectivity index (χ2n) is 3.81. The van der Waals surface area contributed by atoms with E-state index in [2.05, 4.69) is 0 Å². The molecule has 0 saturated carbocycles. The lowest BCUT2D eigenvalue weighted by atomic mass is 10.0. The fraction of sp³-hybridized carbons (Fsp3) is 0.250. The third-order valence-electron chi connectivity index (χ3n) is 2.58. The highest BCUT2D eigenvalue weighted by molar-refractivity contribution is 7.19. The molecule has 84 valence electrons. The van der Waals surface area contributed by atoms with E-state index in [4.69, 9.17) is 5.11 Å². The Labute approximate surface area is 97.0 Å². The number of carboxylic acid groups (broad SMARTS) is 1. The van der Waals surface area contributed by atoms with Gasteiger partial charge >= 0.3 is 5.97 Å². The smallest absolute Gasteiger partial charge is 0.337 e. The molecular weight excluding hydrogens is 224 g/mol. The highest BCUT2D eigenvalue weighted by atomic mass is 32.1. The Morgan fingerprint density at radius 3 is 2.69 bits per heavy atom. The Hall–Kier alpha value is -1.39. The number of benzene rings is 1. The van der Waals surface area contributed by atoms with Crippen LogP contribution in [0.5, 0.6) is 0 Å². The molecule has 3 nitrogen and oxygen atoms in total. The molecule has 0 radical (unpaired) electrons. The van der Waals surface area contributed by atoms with Gasteiger partial charge in [0.1, 0.15) is 0 Å². The van der Waals surface area contributed by atoms with Crippen LogP contribution in [0.3, 0.4) is 0 Å². The third-order valence-corrected chi connectivity index (χ3v) is 3.66. The lowest BCUT2D eigenvalue weighted by molar-refractivity contribution is -0.146. The number of aliphatic carboxylic acids is 1. The Morgan fingerprint density at radius 1 is 1.38 bits per heavy atom. The van der Waals surface area contributed by atoms with Crippen LogP contribution in [-0.4, -0.2) is 16.2 Å². The largest absolute Gasteiger partial charge is 0.479 e. The van der Waals surface area contributed by atoms with Gasteiger partial charge in [0, 0.05) is 15.1 Å². The first-order chi connectivity index (χ1) is 7.50. The molecule has 1 atom stereocenters. The quantitative estimate of drug-likeness (QED) is 0.842. The molecule has 0 fully saturated rings. The molecule has 1 aromatic heterocycles. The number of hydrogen-bond acceptors (Lipinski definition) is 3. The number of hydrogen-bond donors (Lipinski definition) is 2. The van der Waals surface area contributed by atoms with Gasteiger partial charge in [-0.2, -0.15) is 0 Å². The van der Waals surface area contributed by atoms with Crippen molar-refractivity contribution >= 4 is 27.4 Å². The van der Waals surface area contributed by atoms with E-state index in [1.807, 2.05) is 32.0 Å². The van der Waals surface area contributed by atoms with Crippen LogP contribution in [0.4, 0.5) is 0 Å². The lowest BCUT2D eigenvalue weighted by Crippen LogP contribution is -2.10. The van der Waals surface area contributed by atoms with Crippen molar-refractivity contribution in [3.05, 3.63) is 34.2 Å². The summed E-state index contributed by atoms with van der Waals surface area (Å²) >= 11 is 1.52. The van der Waals surface area contributed by atoms with Crippen LogP contribution >= 0.6 is 11.3 Å². The van der Waals surface area contributed by atoms with Gasteiger partial charge < -0.3 is 10.2 Å². The standard InChI is InChI=1S/C12H12O3S/c1-6-3-4-8-9(5-6)16-7(2)10(8)11(13)12(14)15/h3-5,11,13H,1-2H3,(H,14,15). The van der Waals surface area contributed by atoms with Gasteiger partial charge in [0.25, 0.3) is 0 Å². The fourth-order valence-corrected chi connectivity index (χ4v) is 3.00. The van der Waals surface area contributed by atoms with Gasteiger partial charge in [-0.15, -0.1) is 11.3 Å². The van der Waals surface area contributed by atoms with Gasteiger partial charge in [0.2, 0.25) is 0 Å². The summed E-state index contributed by atoms with van der Waals surface area (Å²) in [6, 6.07) is 5.80. The van der Waals surface area contributed by atoms with Crippen molar-refractivity contribution in [1.29, 1.82) is 0 Å². The van der Waals surface area contributed by atoms with E-state index in [-0.39, 0.29) is 0 Å². The number of aliphatic hydroxyl groups excluding tert-OH is 1. The maximum atomic E-state index is 10.8. The normalized spacial score (nSPS) is 12.9. The van der Waals surface area contributed by atoms with E-state index in [1.165, 1.54) is 11.3 Å². The molecule has 0 saturated heterocycles. The zero-order valence-electron chi connectivity index (χ0n) is 9.02. The number of aryl methyl sites for hydroxylation is 2. The van der Waals surface area contributed by atoms with Gasteiger partial charge in [-0.1, -0.05) is 12.1 Å². The van der Waals surface area contributed by atoms with Crippen LogP contribution in [0.15, 0.2) is 18.2 Å². The van der Waals surface area contributed by atoms with Crippen molar-refractivity contribution in [1.82, 2.24) is 0 Å². The Bertz CT molecular complexity index is 557. The molecule has 0 amide bonds. The van der Waals surface area contributed by atoms with Crippen molar-refractivity contribution in [2.75, 3.05) is 0 Å². The summed E-state index contributed by atoms with van der Waals surface area (Å²) in [5, 5.41) is 19.3. The Morgan fingerprint density at radius 2 is 2.06 bits per heavy atom. The molecule has 0 aliphatic heterocycles. The zero-order chi connectivity index (χ0) is 11.9. The molecule has 2 N–H and O–H groups in total. The van der Waals surface area contributed by atoms with Crippen molar-refractivity contribution in [3.8, 4) is 0 Å². The summed E-state index contributed by atoms with van der Waals surface area (Å²) in [5.74, 6) is -1.21. The first kappa shape index (κ1) is 11.1. The summed E-state index contributed by atoms with van der Waals surface area (Å²) < 4.78 is 1.02. The van der Waals surface area contributed by atoms with E-state index >= 15 is 0 Å². The Kier molecular flexibility index (Phi) is 2.69. The SMILES string of the molecule is Cc1ccc2c(C(O)C(=O)O)c(C)sc2c1. The van der Waals surface area contributed by atoms with E-state index in [1.54, 1.807) is 0 Å². The second kappa shape index (κ2) is 3.88. The van der Waals surface area contributed by atoms with Gasteiger partial charge in [0.05, 0.1) is 0 Å². The van der Waals surface area contributed by atoms with Crippen LogP contribution < -0.4 is 0 Å². The van der Waals surface area contributed by atoms with Crippen LogP contribution in [0.1, 0.15) is 22.1 Å².